The molecule has 9 nitrogen and oxygen atoms in total. The Bertz CT molecular complexity index is 2130. The van der Waals surface area contributed by atoms with Crippen molar-refractivity contribution >= 4 is 12.1 Å². The van der Waals surface area contributed by atoms with Crippen LogP contribution in [0.2, 0.25) is 0 Å². The summed E-state index contributed by atoms with van der Waals surface area (Å²) in [7, 11) is 2.37. The van der Waals surface area contributed by atoms with E-state index in [9.17, 15) is 53.5 Å². The number of hydrogen-bond donors (Lipinski definition) is 3. The number of carbonyl (C=O) groups excluding carboxylic acids is 1. The van der Waals surface area contributed by atoms with Crippen molar-refractivity contribution in [2.45, 2.75) is 76.4 Å². The molecule has 60 heavy (non-hydrogen) atoms. The quantitative estimate of drug-likeness (QED) is 0.0792. The number of halogens is 11. The second-order valence-corrected chi connectivity index (χ2v) is 13.8. The van der Waals surface area contributed by atoms with Crippen LogP contribution in [0.4, 0.5) is 48.7 Å². The lowest BCUT2D eigenvalue weighted by Gasteiger charge is -2.25. The van der Waals surface area contributed by atoms with E-state index >= 15 is 0 Å². The minimum absolute atomic E-state index is 0. The number of carbonyl (C=O) groups is 2. The lowest BCUT2D eigenvalue weighted by molar-refractivity contribution is -0.708. The third-order valence-electron chi connectivity index (χ3n) is 9.21. The van der Waals surface area contributed by atoms with Gasteiger partial charge in [-0.1, -0.05) is 26.0 Å². The van der Waals surface area contributed by atoms with Crippen molar-refractivity contribution in [3.05, 3.63) is 111 Å². The molecule has 4 rings (SSSR count). The van der Waals surface area contributed by atoms with Crippen molar-refractivity contribution in [3.63, 3.8) is 0 Å². The molecule has 0 radical (unpaired) electrons. The maximum absolute atomic E-state index is 14.9. The van der Waals surface area contributed by atoms with Crippen LogP contribution >= 0.6 is 0 Å². The Labute approximate surface area is 343 Å². The van der Waals surface area contributed by atoms with Gasteiger partial charge in [0.25, 0.3) is 0 Å². The van der Waals surface area contributed by atoms with E-state index in [2.05, 4.69) is 0 Å². The summed E-state index contributed by atoms with van der Waals surface area (Å²) in [5, 5.41) is 10.4. The largest absolute Gasteiger partial charge is 1.00 e. The van der Waals surface area contributed by atoms with E-state index in [1.165, 1.54) is 37.5 Å². The molecule has 4 aromatic carbocycles. The third-order valence-corrected chi connectivity index (χ3v) is 9.21. The number of aliphatic carboxylic acids is 1. The minimum atomic E-state index is -5.30. The number of alkyl halides is 9. The lowest BCUT2D eigenvalue weighted by Crippen LogP contribution is -3.00. The van der Waals surface area contributed by atoms with Crippen molar-refractivity contribution in [2.75, 3.05) is 14.2 Å². The number of hydrogen-bond acceptors (Lipinski definition) is 7. The predicted molar refractivity (Wildman–Crippen MR) is 191 cm³/mol. The average molecular weight is 885 g/mol. The van der Waals surface area contributed by atoms with Gasteiger partial charge < -0.3 is 47.5 Å². The van der Waals surface area contributed by atoms with Crippen LogP contribution in [0.25, 0.3) is 11.1 Å². The second-order valence-electron chi connectivity index (χ2n) is 13.8. The van der Waals surface area contributed by atoms with Crippen LogP contribution in [-0.4, -0.2) is 43.5 Å². The van der Waals surface area contributed by atoms with E-state index in [0.717, 1.165) is 37.4 Å². The van der Waals surface area contributed by atoms with Crippen LogP contribution < -0.4 is 37.7 Å². The molecular weight excluding hydrogens is 846 g/mol. The number of nitrogens with two attached hydrogens (primary N) is 2. The van der Waals surface area contributed by atoms with E-state index in [0.29, 0.717) is 17.7 Å². The minimum Gasteiger partial charge on any atom is -1.00 e. The molecular formula is C40H39ClF10N2O7. The SMILES string of the molecule is COc1cc(CC(N)C(=O)O)ccc1OC(=O)O[C@H](c1cc(C(F)(F)F)cc(C(F)(F)F)c1)[C@H](C)[NH2+]Cc1cc(C(F)(F)F)ccc1-c1cc(C(C)C)c(F)cc1OC.[Cl-]. The van der Waals surface area contributed by atoms with Crippen LogP contribution in [0.5, 0.6) is 17.2 Å². The number of carboxylic acid groups (broad SMARTS) is 1. The molecule has 3 atom stereocenters. The fourth-order valence-corrected chi connectivity index (χ4v) is 6.14. The summed E-state index contributed by atoms with van der Waals surface area (Å²) in [4.78, 5) is 24.5. The van der Waals surface area contributed by atoms with Gasteiger partial charge in [-0.2, -0.15) is 39.5 Å². The van der Waals surface area contributed by atoms with Crippen molar-refractivity contribution in [1.82, 2.24) is 0 Å². The van der Waals surface area contributed by atoms with E-state index < -0.39 is 83.5 Å². The molecule has 20 heteroatoms. The number of ether oxygens (including phenoxy) is 4. The van der Waals surface area contributed by atoms with Gasteiger partial charge in [0, 0.05) is 17.2 Å². The van der Waals surface area contributed by atoms with Crippen molar-refractivity contribution in [1.29, 1.82) is 0 Å². The highest BCUT2D eigenvalue weighted by Crippen LogP contribution is 2.41. The molecule has 0 spiro atoms. The molecule has 328 valence electrons. The zero-order chi connectivity index (χ0) is 44.2. The highest BCUT2D eigenvalue weighted by atomic mass is 35.5. The molecule has 4 aromatic rings. The molecule has 0 saturated heterocycles. The van der Waals surface area contributed by atoms with Gasteiger partial charge in [-0.05, 0) is 90.0 Å². The number of benzene rings is 4. The van der Waals surface area contributed by atoms with E-state index in [4.69, 9.17) is 29.8 Å². The standard InChI is InChI=1S/C40H38F10N2O7.ClH/c1-19(2)28-16-29(33(56-4)17-30(28)41)27-8-7-24(38(42,43)44)14-23(27)18-52-20(3)35(22-12-25(39(45,46)47)15-26(13-22)40(48,49)50)59-37(55)58-32-9-6-21(11-34(32)57-5)10-31(51)36(53)54;/h6-9,11-17,19-20,31,35,52H,10,18,51H2,1-5H3,(H,53,54);1H/t20-,31?,35-;/m0./s1. The lowest BCUT2D eigenvalue weighted by atomic mass is 9.92. The molecule has 0 heterocycles. The van der Waals surface area contributed by atoms with E-state index in [-0.39, 0.29) is 70.3 Å². The number of methoxy groups -OCH3 is 2. The molecule has 0 fully saturated rings. The second kappa shape index (κ2) is 19.4. The van der Waals surface area contributed by atoms with Gasteiger partial charge in [0.15, 0.2) is 17.6 Å². The number of quaternary nitrogens is 1. The molecule has 1 unspecified atom stereocenters. The fourth-order valence-electron chi connectivity index (χ4n) is 6.14. The zero-order valence-electron chi connectivity index (χ0n) is 32.3. The molecule has 0 aliphatic rings. The normalized spacial score (nSPS) is 13.6. The Morgan fingerprint density at radius 1 is 0.733 bits per heavy atom. The highest BCUT2D eigenvalue weighted by molar-refractivity contribution is 5.75. The molecule has 0 saturated carbocycles. The highest BCUT2D eigenvalue weighted by Gasteiger charge is 2.40. The Morgan fingerprint density at radius 3 is 1.83 bits per heavy atom. The summed E-state index contributed by atoms with van der Waals surface area (Å²) in [6, 6.07) is 6.79. The monoisotopic (exact) mass is 884 g/mol. The summed E-state index contributed by atoms with van der Waals surface area (Å²) in [6.07, 6.45) is -19.2. The average Bonchev–Trinajstić information content (AvgIpc) is 3.14. The Balaban J connectivity index is 0.00000961. The van der Waals surface area contributed by atoms with Gasteiger partial charge in [-0.3, -0.25) is 4.79 Å². The molecule has 5 N–H and O–H groups in total. The third kappa shape index (κ3) is 12.2. The maximum Gasteiger partial charge on any atom is 0.514 e. The summed E-state index contributed by atoms with van der Waals surface area (Å²) in [6.45, 7) is 4.18. The Morgan fingerprint density at radius 2 is 1.32 bits per heavy atom. The number of rotatable bonds is 14. The molecule has 0 aromatic heterocycles. The van der Waals surface area contributed by atoms with E-state index in [1.54, 1.807) is 13.8 Å². The van der Waals surface area contributed by atoms with Crippen molar-refractivity contribution in [2.24, 2.45) is 5.73 Å². The van der Waals surface area contributed by atoms with Crippen molar-refractivity contribution in [3.8, 4) is 28.4 Å². The molecule has 0 aliphatic carbocycles. The first-order valence-corrected chi connectivity index (χ1v) is 17.6. The van der Waals surface area contributed by atoms with Crippen LogP contribution in [0.3, 0.4) is 0 Å². The topological polar surface area (TPSA) is 134 Å². The summed E-state index contributed by atoms with van der Waals surface area (Å²) in [5.74, 6) is -2.86. The van der Waals surface area contributed by atoms with Crippen LogP contribution in [0.1, 0.15) is 71.7 Å². The maximum atomic E-state index is 14.9. The smallest absolute Gasteiger partial charge is 0.514 e. The van der Waals surface area contributed by atoms with Crippen LogP contribution in [0, 0.1) is 5.82 Å². The Hall–Kier alpha value is -5.27. The van der Waals surface area contributed by atoms with Crippen molar-refractivity contribution < 1.29 is 95.3 Å². The summed E-state index contributed by atoms with van der Waals surface area (Å²) < 4.78 is 162. The van der Waals surface area contributed by atoms with Gasteiger partial charge in [0.05, 0.1) is 30.9 Å². The first-order valence-electron chi connectivity index (χ1n) is 17.6. The van der Waals surface area contributed by atoms with Gasteiger partial charge in [0.2, 0.25) is 0 Å². The van der Waals surface area contributed by atoms with Crippen LogP contribution in [0.15, 0.2) is 66.7 Å². The van der Waals surface area contributed by atoms with E-state index in [1.807, 2.05) is 0 Å². The molecule has 0 aliphatic heterocycles. The molecule has 0 amide bonds. The van der Waals surface area contributed by atoms with Gasteiger partial charge >= 0.3 is 30.7 Å². The predicted octanol–water partition coefficient (Wildman–Crippen LogP) is 6.06. The van der Waals surface area contributed by atoms with Gasteiger partial charge in [0.1, 0.15) is 30.2 Å². The van der Waals surface area contributed by atoms with Gasteiger partial charge in [-0.15, -0.1) is 0 Å². The number of carboxylic acids is 1. The summed E-state index contributed by atoms with van der Waals surface area (Å²) in [5.41, 5.74) is 1.01. The summed E-state index contributed by atoms with van der Waals surface area (Å²) >= 11 is 0. The zero-order valence-corrected chi connectivity index (χ0v) is 33.0. The molecule has 0 bridgehead atoms. The Kier molecular flexibility index (Phi) is 15.9. The van der Waals surface area contributed by atoms with Gasteiger partial charge in [-0.25, -0.2) is 9.18 Å². The first-order chi connectivity index (χ1) is 27.3. The first kappa shape index (κ1) is 49.1. The van der Waals surface area contributed by atoms with Crippen LogP contribution in [-0.2, 0) is 41.0 Å². The fraction of sp³-hybridized carbons (Fsp3) is 0.350.